The second-order valence-electron chi connectivity index (χ2n) is 6.26. The van der Waals surface area contributed by atoms with E-state index in [-0.39, 0.29) is 0 Å². The van der Waals surface area contributed by atoms with Crippen molar-refractivity contribution in [3.05, 3.63) is 23.8 Å². The summed E-state index contributed by atoms with van der Waals surface area (Å²) < 4.78 is 34.8. The third-order valence-corrected chi connectivity index (χ3v) is 10.1. The quantitative estimate of drug-likeness (QED) is 0.807. The minimum Gasteiger partial charge on any atom is -0.493 e. The van der Waals surface area contributed by atoms with Crippen molar-refractivity contribution in [3.8, 4) is 11.5 Å². The molecular formula is C14H25NO4SSi. The van der Waals surface area contributed by atoms with E-state index in [1.54, 1.807) is 32.4 Å². The van der Waals surface area contributed by atoms with Gasteiger partial charge in [-0.25, -0.2) is 8.42 Å². The fourth-order valence-electron chi connectivity index (χ4n) is 2.68. The minimum atomic E-state index is -3.24. The molecule has 0 aliphatic rings. The standard InChI is InChI=1S/C14H25NO4SSi/c1-18-11-8-7-10(9-12(11)19-2)13(15)14(20(3,16)17)21(4,5)6/h7-9,13-14H,15H2,1-6H3. The predicted molar refractivity (Wildman–Crippen MR) is 88.5 cm³/mol. The summed E-state index contributed by atoms with van der Waals surface area (Å²) in [4.78, 5) is -0.553. The number of hydrogen-bond donors (Lipinski definition) is 1. The van der Waals surface area contributed by atoms with Crippen molar-refractivity contribution in [2.24, 2.45) is 5.73 Å². The number of benzene rings is 1. The van der Waals surface area contributed by atoms with Crippen LogP contribution in [0.1, 0.15) is 11.6 Å². The Bertz CT molecular complexity index is 595. The molecule has 0 radical (unpaired) electrons. The van der Waals surface area contributed by atoms with Crippen molar-refractivity contribution in [2.45, 2.75) is 30.6 Å². The van der Waals surface area contributed by atoms with Gasteiger partial charge in [0.05, 0.1) is 27.2 Å². The van der Waals surface area contributed by atoms with Crippen LogP contribution in [0.3, 0.4) is 0 Å². The zero-order valence-corrected chi connectivity index (χ0v) is 15.3. The lowest BCUT2D eigenvalue weighted by Crippen LogP contribution is -2.50. The van der Waals surface area contributed by atoms with Gasteiger partial charge >= 0.3 is 0 Å². The number of nitrogens with two attached hydrogens (primary N) is 1. The molecule has 0 amide bonds. The molecule has 1 aromatic rings. The van der Waals surface area contributed by atoms with Crippen LogP contribution in [0.4, 0.5) is 0 Å². The van der Waals surface area contributed by atoms with E-state index in [0.717, 1.165) is 5.56 Å². The van der Waals surface area contributed by atoms with Crippen molar-refractivity contribution in [1.29, 1.82) is 0 Å². The smallest absolute Gasteiger partial charge is 0.161 e. The van der Waals surface area contributed by atoms with Crippen molar-refractivity contribution in [2.75, 3.05) is 20.5 Å². The first-order chi connectivity index (χ1) is 9.52. The molecule has 0 spiro atoms. The van der Waals surface area contributed by atoms with Crippen LogP contribution in [0.25, 0.3) is 0 Å². The van der Waals surface area contributed by atoms with E-state index in [9.17, 15) is 8.42 Å². The van der Waals surface area contributed by atoms with E-state index < -0.39 is 28.8 Å². The van der Waals surface area contributed by atoms with Crippen molar-refractivity contribution in [3.63, 3.8) is 0 Å². The van der Waals surface area contributed by atoms with Gasteiger partial charge < -0.3 is 15.2 Å². The van der Waals surface area contributed by atoms with Gasteiger partial charge in [0.15, 0.2) is 11.5 Å². The highest BCUT2D eigenvalue weighted by Gasteiger charge is 2.40. The summed E-state index contributed by atoms with van der Waals surface area (Å²) in [6, 6.07) is 4.72. The zero-order valence-electron chi connectivity index (χ0n) is 13.5. The molecule has 5 nitrogen and oxygen atoms in total. The maximum absolute atomic E-state index is 12.2. The molecule has 0 aliphatic heterocycles. The van der Waals surface area contributed by atoms with Crippen LogP contribution in [0.15, 0.2) is 18.2 Å². The number of rotatable bonds is 6. The first-order valence-corrected chi connectivity index (χ1v) is 12.2. The molecule has 1 aromatic carbocycles. The fraction of sp³-hybridized carbons (Fsp3) is 0.571. The highest BCUT2D eigenvalue weighted by atomic mass is 32.2. The van der Waals surface area contributed by atoms with Gasteiger partial charge in [0, 0.05) is 12.3 Å². The van der Waals surface area contributed by atoms with Gasteiger partial charge in [-0.1, -0.05) is 25.7 Å². The first kappa shape index (κ1) is 18.0. The molecule has 7 heteroatoms. The second-order valence-corrected chi connectivity index (χ2v) is 14.2. The van der Waals surface area contributed by atoms with Crippen LogP contribution in [-0.2, 0) is 9.84 Å². The Kier molecular flexibility index (Phi) is 5.46. The van der Waals surface area contributed by atoms with Gasteiger partial charge in [-0.15, -0.1) is 0 Å². The predicted octanol–water partition coefficient (Wildman–Crippen LogP) is 1.99. The van der Waals surface area contributed by atoms with Crippen LogP contribution < -0.4 is 15.2 Å². The first-order valence-electron chi connectivity index (χ1n) is 6.68. The normalized spacial score (nSPS) is 15.4. The SMILES string of the molecule is COc1ccc(C(N)C([Si](C)(C)C)S(C)(=O)=O)cc1OC. The van der Waals surface area contributed by atoms with Gasteiger partial charge in [-0.05, 0) is 17.7 Å². The summed E-state index contributed by atoms with van der Waals surface area (Å²) in [5, 5.41) is 0. The number of hydrogen-bond acceptors (Lipinski definition) is 5. The number of methoxy groups -OCH3 is 2. The van der Waals surface area contributed by atoms with Crippen molar-refractivity contribution < 1.29 is 17.9 Å². The molecule has 2 unspecified atom stereocenters. The van der Waals surface area contributed by atoms with Crippen LogP contribution in [0.2, 0.25) is 19.6 Å². The van der Waals surface area contributed by atoms with Gasteiger partial charge in [0.2, 0.25) is 0 Å². The molecular weight excluding hydrogens is 306 g/mol. The molecule has 0 saturated carbocycles. The van der Waals surface area contributed by atoms with Crippen molar-refractivity contribution >= 4 is 17.9 Å². The Morgan fingerprint density at radius 2 is 1.62 bits per heavy atom. The maximum Gasteiger partial charge on any atom is 0.161 e. The molecule has 2 atom stereocenters. The minimum absolute atomic E-state index is 0.549. The molecule has 0 bridgehead atoms. The van der Waals surface area contributed by atoms with E-state index in [0.29, 0.717) is 11.5 Å². The Hall–Kier alpha value is -1.05. The van der Waals surface area contributed by atoms with Gasteiger partial charge in [-0.2, -0.15) is 0 Å². The van der Waals surface area contributed by atoms with Gasteiger partial charge in [0.25, 0.3) is 0 Å². The Morgan fingerprint density at radius 3 is 2.00 bits per heavy atom. The molecule has 1 rings (SSSR count). The van der Waals surface area contributed by atoms with Crippen LogP contribution in [-0.4, -0.2) is 41.8 Å². The van der Waals surface area contributed by atoms with Gasteiger partial charge in [0.1, 0.15) is 9.84 Å². The molecule has 120 valence electrons. The topological polar surface area (TPSA) is 78.6 Å². The van der Waals surface area contributed by atoms with E-state index in [1.165, 1.54) is 6.26 Å². The Morgan fingerprint density at radius 1 is 1.10 bits per heavy atom. The third kappa shape index (κ3) is 4.21. The highest BCUT2D eigenvalue weighted by molar-refractivity contribution is 7.93. The monoisotopic (exact) mass is 331 g/mol. The Labute approximate surface area is 128 Å². The Balaban J connectivity index is 3.31. The largest absolute Gasteiger partial charge is 0.493 e. The highest BCUT2D eigenvalue weighted by Crippen LogP contribution is 2.33. The lowest BCUT2D eigenvalue weighted by atomic mass is 10.1. The van der Waals surface area contributed by atoms with Crippen LogP contribution >= 0.6 is 0 Å². The third-order valence-electron chi connectivity index (χ3n) is 3.43. The van der Waals surface area contributed by atoms with Crippen molar-refractivity contribution in [1.82, 2.24) is 0 Å². The average molecular weight is 332 g/mol. The number of sulfone groups is 1. The van der Waals surface area contributed by atoms with E-state index >= 15 is 0 Å². The molecule has 0 aliphatic carbocycles. The lowest BCUT2D eigenvalue weighted by Gasteiger charge is -2.32. The lowest BCUT2D eigenvalue weighted by molar-refractivity contribution is 0.354. The maximum atomic E-state index is 12.2. The summed E-state index contributed by atoms with van der Waals surface area (Å²) in [5.74, 6) is 1.14. The summed E-state index contributed by atoms with van der Waals surface area (Å²) in [5.41, 5.74) is 7.03. The number of ether oxygens (including phenoxy) is 2. The zero-order chi connectivity index (χ0) is 16.4. The molecule has 0 heterocycles. The molecule has 21 heavy (non-hydrogen) atoms. The second kappa shape index (κ2) is 6.37. The van der Waals surface area contributed by atoms with E-state index in [2.05, 4.69) is 0 Å². The summed E-state index contributed by atoms with van der Waals surface area (Å²) in [6.45, 7) is 6.04. The van der Waals surface area contributed by atoms with E-state index in [4.69, 9.17) is 15.2 Å². The summed E-state index contributed by atoms with van der Waals surface area (Å²) in [7, 11) is -2.15. The summed E-state index contributed by atoms with van der Waals surface area (Å²) >= 11 is 0. The van der Waals surface area contributed by atoms with Crippen LogP contribution in [0, 0.1) is 0 Å². The van der Waals surface area contributed by atoms with Gasteiger partial charge in [-0.3, -0.25) is 0 Å². The average Bonchev–Trinajstić information content (AvgIpc) is 2.34. The molecule has 0 aromatic heterocycles. The summed E-state index contributed by atoms with van der Waals surface area (Å²) in [6.07, 6.45) is 1.26. The van der Waals surface area contributed by atoms with Crippen LogP contribution in [0.5, 0.6) is 11.5 Å². The molecule has 0 fully saturated rings. The molecule has 2 N–H and O–H groups in total. The molecule has 0 saturated heterocycles. The van der Waals surface area contributed by atoms with E-state index in [1.807, 2.05) is 19.6 Å². The fourth-order valence-corrected chi connectivity index (χ4v) is 9.78.